The van der Waals surface area contributed by atoms with Crippen LogP contribution in [0.3, 0.4) is 0 Å². The first-order valence-corrected chi connectivity index (χ1v) is 9.46. The summed E-state index contributed by atoms with van der Waals surface area (Å²) in [5.41, 5.74) is 7.99. The molecule has 1 heterocycles. The van der Waals surface area contributed by atoms with Crippen molar-refractivity contribution < 1.29 is 4.79 Å². The molecule has 4 heteroatoms. The highest BCUT2D eigenvalue weighted by Gasteiger charge is 2.30. The molecule has 1 aromatic rings. The third-order valence-corrected chi connectivity index (χ3v) is 5.57. The van der Waals surface area contributed by atoms with Crippen LogP contribution in [-0.4, -0.2) is 47.4 Å². The van der Waals surface area contributed by atoms with E-state index in [9.17, 15) is 4.79 Å². The van der Waals surface area contributed by atoms with Gasteiger partial charge in [-0.05, 0) is 55.8 Å². The minimum absolute atomic E-state index is 0.137. The number of hydrogen-bond donors (Lipinski definition) is 1. The minimum Gasteiger partial charge on any atom is -0.334 e. The lowest BCUT2D eigenvalue weighted by molar-refractivity contribution is 0.0573. The Hall–Kier alpha value is -1.39. The molecule has 0 radical (unpaired) electrons. The van der Waals surface area contributed by atoms with E-state index in [1.807, 2.05) is 17.0 Å². The van der Waals surface area contributed by atoms with Crippen molar-refractivity contribution in [3.8, 4) is 0 Å². The molecule has 4 nitrogen and oxygen atoms in total. The zero-order valence-electron chi connectivity index (χ0n) is 15.1. The zero-order valence-corrected chi connectivity index (χ0v) is 15.1. The minimum atomic E-state index is 0.137. The number of carbonyl (C=O) groups is 1. The number of nitrogens with two attached hydrogens (primary N) is 1. The van der Waals surface area contributed by atoms with Gasteiger partial charge in [0, 0.05) is 37.3 Å². The van der Waals surface area contributed by atoms with Crippen LogP contribution < -0.4 is 5.73 Å². The van der Waals surface area contributed by atoms with Crippen LogP contribution in [0.1, 0.15) is 55.5 Å². The van der Waals surface area contributed by atoms with E-state index >= 15 is 0 Å². The van der Waals surface area contributed by atoms with Gasteiger partial charge in [-0.25, -0.2) is 0 Å². The average Bonchev–Trinajstić information content (AvgIpc) is 3.44. The smallest absolute Gasteiger partial charge is 0.254 e. The van der Waals surface area contributed by atoms with Gasteiger partial charge < -0.3 is 10.6 Å². The molecular formula is C20H31N3O. The Morgan fingerprint density at radius 2 is 1.96 bits per heavy atom. The number of rotatable bonds is 6. The molecule has 2 atom stereocenters. The normalized spacial score (nSPS) is 24.4. The molecule has 1 amide bonds. The SMILES string of the molecule is CCN(Cc1ccc(C(=O)N2CCC(C)CC2CN)cc1)C1CC1. The summed E-state index contributed by atoms with van der Waals surface area (Å²) in [6.45, 7) is 7.94. The van der Waals surface area contributed by atoms with E-state index in [4.69, 9.17) is 5.73 Å². The van der Waals surface area contributed by atoms with Crippen molar-refractivity contribution in [1.82, 2.24) is 9.80 Å². The van der Waals surface area contributed by atoms with E-state index in [1.54, 1.807) is 0 Å². The van der Waals surface area contributed by atoms with E-state index in [2.05, 4.69) is 30.9 Å². The lowest BCUT2D eigenvalue weighted by Gasteiger charge is -2.38. The van der Waals surface area contributed by atoms with Crippen LogP contribution in [0, 0.1) is 5.92 Å². The van der Waals surface area contributed by atoms with Crippen LogP contribution in [0.5, 0.6) is 0 Å². The molecule has 2 N–H and O–H groups in total. The van der Waals surface area contributed by atoms with Crippen LogP contribution >= 0.6 is 0 Å². The third kappa shape index (κ3) is 3.98. The summed E-state index contributed by atoms with van der Waals surface area (Å²) in [5, 5.41) is 0. The van der Waals surface area contributed by atoms with Gasteiger partial charge in [0.25, 0.3) is 5.91 Å². The Balaban J connectivity index is 1.64. The fourth-order valence-electron chi connectivity index (χ4n) is 3.83. The summed E-state index contributed by atoms with van der Waals surface area (Å²) >= 11 is 0. The molecule has 1 saturated heterocycles. The van der Waals surface area contributed by atoms with Gasteiger partial charge in [-0.2, -0.15) is 0 Å². The molecule has 1 aliphatic heterocycles. The Morgan fingerprint density at radius 1 is 1.25 bits per heavy atom. The second kappa shape index (κ2) is 7.66. The van der Waals surface area contributed by atoms with E-state index < -0.39 is 0 Å². The quantitative estimate of drug-likeness (QED) is 0.873. The van der Waals surface area contributed by atoms with Gasteiger partial charge >= 0.3 is 0 Å². The van der Waals surface area contributed by atoms with Crippen LogP contribution in [0.15, 0.2) is 24.3 Å². The number of carbonyl (C=O) groups excluding carboxylic acids is 1. The second-order valence-electron chi connectivity index (χ2n) is 7.51. The average molecular weight is 329 g/mol. The highest BCUT2D eigenvalue weighted by molar-refractivity contribution is 5.94. The summed E-state index contributed by atoms with van der Waals surface area (Å²) in [7, 11) is 0. The highest BCUT2D eigenvalue weighted by Crippen LogP contribution is 2.28. The fourth-order valence-corrected chi connectivity index (χ4v) is 3.83. The molecule has 132 valence electrons. The van der Waals surface area contributed by atoms with Crippen LogP contribution in [-0.2, 0) is 6.54 Å². The third-order valence-electron chi connectivity index (χ3n) is 5.57. The van der Waals surface area contributed by atoms with Crippen molar-refractivity contribution in [1.29, 1.82) is 0 Å². The van der Waals surface area contributed by atoms with Gasteiger partial charge in [0.2, 0.25) is 0 Å². The summed E-state index contributed by atoms with van der Waals surface area (Å²) in [5.74, 6) is 0.797. The molecular weight excluding hydrogens is 298 g/mol. The molecule has 1 aromatic carbocycles. The van der Waals surface area contributed by atoms with Crippen molar-refractivity contribution in [2.45, 2.75) is 58.2 Å². The van der Waals surface area contributed by atoms with Crippen molar-refractivity contribution in [2.24, 2.45) is 11.7 Å². The highest BCUT2D eigenvalue weighted by atomic mass is 16.2. The number of hydrogen-bond acceptors (Lipinski definition) is 3. The number of amides is 1. The Kier molecular flexibility index (Phi) is 5.57. The van der Waals surface area contributed by atoms with Crippen LogP contribution in [0.2, 0.25) is 0 Å². The summed E-state index contributed by atoms with van der Waals surface area (Å²) in [6.07, 6.45) is 4.76. The zero-order chi connectivity index (χ0) is 17.1. The molecule has 2 aliphatic rings. The fraction of sp³-hybridized carbons (Fsp3) is 0.650. The summed E-state index contributed by atoms with van der Waals surface area (Å²) in [4.78, 5) is 17.3. The Bertz CT molecular complexity index is 553. The maximum atomic E-state index is 12.8. The molecule has 0 aromatic heterocycles. The lowest BCUT2D eigenvalue weighted by Crippen LogP contribution is -2.49. The van der Waals surface area contributed by atoms with Gasteiger partial charge in [-0.15, -0.1) is 0 Å². The van der Waals surface area contributed by atoms with E-state index in [1.165, 1.54) is 18.4 Å². The predicted molar refractivity (Wildman–Crippen MR) is 97.8 cm³/mol. The largest absolute Gasteiger partial charge is 0.334 e. The molecule has 0 spiro atoms. The Morgan fingerprint density at radius 3 is 2.54 bits per heavy atom. The van der Waals surface area contributed by atoms with Gasteiger partial charge in [-0.3, -0.25) is 9.69 Å². The van der Waals surface area contributed by atoms with Crippen molar-refractivity contribution in [3.63, 3.8) is 0 Å². The summed E-state index contributed by atoms with van der Waals surface area (Å²) in [6, 6.07) is 9.17. The van der Waals surface area contributed by atoms with Crippen molar-refractivity contribution in [2.75, 3.05) is 19.6 Å². The lowest BCUT2D eigenvalue weighted by atomic mass is 9.92. The standard InChI is InChI=1S/C20H31N3O/c1-3-22(18-8-9-18)14-16-4-6-17(7-5-16)20(24)23-11-10-15(2)12-19(23)13-21/h4-7,15,18-19H,3,8-14,21H2,1-2H3. The molecule has 1 saturated carbocycles. The Labute approximate surface area is 146 Å². The molecule has 24 heavy (non-hydrogen) atoms. The first-order valence-electron chi connectivity index (χ1n) is 9.46. The molecule has 3 rings (SSSR count). The molecule has 0 bridgehead atoms. The van der Waals surface area contributed by atoms with E-state index in [0.717, 1.165) is 44.1 Å². The van der Waals surface area contributed by atoms with Gasteiger partial charge in [0.05, 0.1) is 0 Å². The number of benzene rings is 1. The molecule has 1 aliphatic carbocycles. The topological polar surface area (TPSA) is 49.6 Å². The second-order valence-corrected chi connectivity index (χ2v) is 7.51. The predicted octanol–water partition coefficient (Wildman–Crippen LogP) is 2.87. The van der Waals surface area contributed by atoms with Crippen molar-refractivity contribution >= 4 is 5.91 Å². The van der Waals surface area contributed by atoms with Crippen molar-refractivity contribution in [3.05, 3.63) is 35.4 Å². The first-order chi connectivity index (χ1) is 11.6. The summed E-state index contributed by atoms with van der Waals surface area (Å²) < 4.78 is 0. The number of nitrogens with zero attached hydrogens (tertiary/aromatic N) is 2. The van der Waals surface area contributed by atoms with Gasteiger partial charge in [0.15, 0.2) is 0 Å². The van der Waals surface area contributed by atoms with Crippen LogP contribution in [0.25, 0.3) is 0 Å². The van der Waals surface area contributed by atoms with Gasteiger partial charge in [0.1, 0.15) is 0 Å². The first kappa shape index (κ1) is 17.4. The monoisotopic (exact) mass is 329 g/mol. The van der Waals surface area contributed by atoms with E-state index in [-0.39, 0.29) is 11.9 Å². The number of likely N-dealkylation sites (tertiary alicyclic amines) is 1. The van der Waals surface area contributed by atoms with Crippen LogP contribution in [0.4, 0.5) is 0 Å². The van der Waals surface area contributed by atoms with Gasteiger partial charge in [-0.1, -0.05) is 26.0 Å². The maximum absolute atomic E-state index is 12.8. The number of piperidine rings is 1. The maximum Gasteiger partial charge on any atom is 0.254 e. The molecule has 2 fully saturated rings. The molecule has 2 unspecified atom stereocenters. The van der Waals surface area contributed by atoms with E-state index in [0.29, 0.717) is 12.5 Å².